The number of H-pyrrole nitrogens is 1. The number of fused-ring (bicyclic) bond motifs is 1. The summed E-state index contributed by atoms with van der Waals surface area (Å²) in [6.07, 6.45) is 6.81. The molecule has 0 radical (unpaired) electrons. The number of rotatable bonds is 3. The number of nitrogens with one attached hydrogen (secondary N) is 2. The largest absolute Gasteiger partial charge is 0.305 e. The molecule has 2 aliphatic rings. The molecule has 4 heteroatoms. The Labute approximate surface area is 101 Å². The quantitative estimate of drug-likeness (QED) is 0.846. The van der Waals surface area contributed by atoms with Crippen LogP contribution < -0.4 is 5.32 Å². The van der Waals surface area contributed by atoms with E-state index in [1.807, 2.05) is 0 Å². The van der Waals surface area contributed by atoms with E-state index in [9.17, 15) is 4.39 Å². The molecule has 2 atom stereocenters. The minimum atomic E-state index is -0.662. The van der Waals surface area contributed by atoms with Crippen molar-refractivity contribution in [3.05, 3.63) is 17.0 Å². The van der Waals surface area contributed by atoms with Crippen LogP contribution in [0.15, 0.2) is 0 Å². The van der Waals surface area contributed by atoms with Crippen molar-refractivity contribution < 1.29 is 4.39 Å². The van der Waals surface area contributed by atoms with Crippen LogP contribution in [0.2, 0.25) is 0 Å². The highest BCUT2D eigenvalue weighted by atomic mass is 19.1. The van der Waals surface area contributed by atoms with Crippen LogP contribution in [-0.2, 0) is 19.4 Å². The molecule has 0 aromatic carbocycles. The van der Waals surface area contributed by atoms with Crippen molar-refractivity contribution in [1.82, 2.24) is 15.5 Å². The summed E-state index contributed by atoms with van der Waals surface area (Å²) in [5, 5.41) is 10.8. The van der Waals surface area contributed by atoms with Gasteiger partial charge in [-0.1, -0.05) is 0 Å². The summed E-state index contributed by atoms with van der Waals surface area (Å²) in [4.78, 5) is 0. The summed E-state index contributed by atoms with van der Waals surface area (Å²) in [6.45, 7) is 0.719. The topological polar surface area (TPSA) is 40.7 Å². The number of nitrogens with zero attached hydrogens (tertiary/aromatic N) is 1. The SMILES string of the molecule is FC1CCCC1NCc1n[nH]c2c1CCCC2. The van der Waals surface area contributed by atoms with Gasteiger partial charge in [0.2, 0.25) is 0 Å². The maximum Gasteiger partial charge on any atom is 0.115 e. The molecule has 2 N–H and O–H groups in total. The number of aromatic amines is 1. The van der Waals surface area contributed by atoms with Crippen molar-refractivity contribution in [2.75, 3.05) is 0 Å². The highest BCUT2D eigenvalue weighted by molar-refractivity contribution is 5.27. The second-order valence-corrected chi connectivity index (χ2v) is 5.27. The van der Waals surface area contributed by atoms with E-state index < -0.39 is 6.17 Å². The smallest absolute Gasteiger partial charge is 0.115 e. The number of alkyl halides is 1. The van der Waals surface area contributed by atoms with Gasteiger partial charge < -0.3 is 5.32 Å². The zero-order valence-corrected chi connectivity index (χ0v) is 10.1. The molecular weight excluding hydrogens is 217 g/mol. The van der Waals surface area contributed by atoms with E-state index in [1.54, 1.807) is 0 Å². The van der Waals surface area contributed by atoms with Gasteiger partial charge in [0.05, 0.1) is 5.69 Å². The lowest BCUT2D eigenvalue weighted by molar-refractivity contribution is 0.278. The van der Waals surface area contributed by atoms with Crippen molar-refractivity contribution in [3.63, 3.8) is 0 Å². The van der Waals surface area contributed by atoms with Gasteiger partial charge in [-0.15, -0.1) is 0 Å². The first-order chi connectivity index (χ1) is 8.34. The van der Waals surface area contributed by atoms with Gasteiger partial charge in [0.1, 0.15) is 6.17 Å². The van der Waals surface area contributed by atoms with Gasteiger partial charge in [-0.05, 0) is 50.5 Å². The van der Waals surface area contributed by atoms with Gasteiger partial charge in [-0.2, -0.15) is 5.10 Å². The molecule has 2 aliphatic carbocycles. The Morgan fingerprint density at radius 3 is 2.94 bits per heavy atom. The molecule has 0 spiro atoms. The summed E-state index contributed by atoms with van der Waals surface area (Å²) in [7, 11) is 0. The van der Waals surface area contributed by atoms with Crippen LogP contribution in [0.3, 0.4) is 0 Å². The molecule has 0 bridgehead atoms. The Hall–Kier alpha value is -0.900. The first kappa shape index (κ1) is 11.2. The fraction of sp³-hybridized carbons (Fsp3) is 0.769. The third kappa shape index (κ3) is 2.23. The Bertz CT molecular complexity index is 388. The van der Waals surface area contributed by atoms with Crippen LogP contribution >= 0.6 is 0 Å². The zero-order valence-electron chi connectivity index (χ0n) is 10.1. The van der Waals surface area contributed by atoms with Crippen LogP contribution in [0.1, 0.15) is 49.1 Å². The molecule has 3 rings (SSSR count). The monoisotopic (exact) mass is 237 g/mol. The molecule has 1 saturated carbocycles. The molecular formula is C13H20FN3. The van der Waals surface area contributed by atoms with E-state index in [1.165, 1.54) is 24.1 Å². The van der Waals surface area contributed by atoms with Crippen LogP contribution in [0, 0.1) is 0 Å². The number of hydrogen-bond donors (Lipinski definition) is 2. The number of halogens is 1. The standard InChI is InChI=1S/C13H20FN3/c14-10-5-3-7-12(10)15-8-13-9-4-1-2-6-11(9)16-17-13/h10,12,15H,1-8H2,(H,16,17). The van der Waals surface area contributed by atoms with E-state index in [0.29, 0.717) is 0 Å². The van der Waals surface area contributed by atoms with E-state index >= 15 is 0 Å². The van der Waals surface area contributed by atoms with E-state index in [4.69, 9.17) is 0 Å². The molecule has 0 saturated heterocycles. The molecule has 94 valence electrons. The second-order valence-electron chi connectivity index (χ2n) is 5.27. The molecule has 1 heterocycles. The van der Waals surface area contributed by atoms with E-state index in [0.717, 1.165) is 44.3 Å². The normalized spacial score (nSPS) is 28.3. The lowest BCUT2D eigenvalue weighted by Gasteiger charge is -2.15. The lowest BCUT2D eigenvalue weighted by atomic mass is 9.96. The Morgan fingerprint density at radius 2 is 2.12 bits per heavy atom. The predicted octanol–water partition coefficient (Wildman–Crippen LogP) is 2.27. The third-order valence-corrected chi connectivity index (χ3v) is 4.11. The number of aromatic nitrogens is 2. The van der Waals surface area contributed by atoms with Crippen LogP contribution in [-0.4, -0.2) is 22.4 Å². The molecule has 17 heavy (non-hydrogen) atoms. The summed E-state index contributed by atoms with van der Waals surface area (Å²) >= 11 is 0. The van der Waals surface area contributed by atoms with Crippen molar-refractivity contribution >= 4 is 0 Å². The maximum absolute atomic E-state index is 13.5. The molecule has 0 amide bonds. The van der Waals surface area contributed by atoms with Gasteiger partial charge in [-0.25, -0.2) is 4.39 Å². The third-order valence-electron chi connectivity index (χ3n) is 4.11. The van der Waals surface area contributed by atoms with Crippen molar-refractivity contribution in [2.24, 2.45) is 0 Å². The number of hydrogen-bond acceptors (Lipinski definition) is 2. The fourth-order valence-electron chi connectivity index (χ4n) is 3.07. The second kappa shape index (κ2) is 4.77. The van der Waals surface area contributed by atoms with E-state index in [2.05, 4.69) is 15.5 Å². The minimum Gasteiger partial charge on any atom is -0.305 e. The Morgan fingerprint density at radius 1 is 1.24 bits per heavy atom. The predicted molar refractivity (Wildman–Crippen MR) is 64.6 cm³/mol. The number of aryl methyl sites for hydroxylation is 1. The lowest BCUT2D eigenvalue weighted by Crippen LogP contribution is -2.33. The fourth-order valence-corrected chi connectivity index (χ4v) is 3.07. The Kier molecular flexibility index (Phi) is 3.14. The average molecular weight is 237 g/mol. The molecule has 1 aromatic rings. The van der Waals surface area contributed by atoms with Crippen molar-refractivity contribution in [2.45, 2.75) is 63.7 Å². The highest BCUT2D eigenvalue weighted by Gasteiger charge is 2.27. The van der Waals surface area contributed by atoms with Crippen molar-refractivity contribution in [1.29, 1.82) is 0 Å². The molecule has 1 fully saturated rings. The summed E-state index contributed by atoms with van der Waals surface area (Å²) in [5.41, 5.74) is 3.80. The zero-order chi connectivity index (χ0) is 11.7. The van der Waals surface area contributed by atoms with Crippen LogP contribution in [0.5, 0.6) is 0 Å². The highest BCUT2D eigenvalue weighted by Crippen LogP contribution is 2.24. The van der Waals surface area contributed by atoms with Crippen LogP contribution in [0.25, 0.3) is 0 Å². The van der Waals surface area contributed by atoms with E-state index in [-0.39, 0.29) is 6.04 Å². The van der Waals surface area contributed by atoms with Crippen LogP contribution in [0.4, 0.5) is 4.39 Å². The van der Waals surface area contributed by atoms with Gasteiger partial charge >= 0.3 is 0 Å². The first-order valence-corrected chi connectivity index (χ1v) is 6.77. The van der Waals surface area contributed by atoms with Gasteiger partial charge in [-0.3, -0.25) is 5.10 Å². The van der Waals surface area contributed by atoms with Gasteiger partial charge in [0.25, 0.3) is 0 Å². The van der Waals surface area contributed by atoms with Gasteiger partial charge in [0.15, 0.2) is 0 Å². The average Bonchev–Trinajstić information content (AvgIpc) is 2.93. The summed E-state index contributed by atoms with van der Waals surface area (Å²) in [6, 6.07) is 0.0472. The summed E-state index contributed by atoms with van der Waals surface area (Å²) in [5.74, 6) is 0. The Balaban J connectivity index is 1.63. The molecule has 0 aliphatic heterocycles. The maximum atomic E-state index is 13.5. The molecule has 2 unspecified atom stereocenters. The van der Waals surface area contributed by atoms with Crippen molar-refractivity contribution in [3.8, 4) is 0 Å². The van der Waals surface area contributed by atoms with Gasteiger partial charge in [0, 0.05) is 18.3 Å². The molecule has 1 aromatic heterocycles. The molecule has 3 nitrogen and oxygen atoms in total. The first-order valence-electron chi connectivity index (χ1n) is 6.77. The minimum absolute atomic E-state index is 0.0472. The summed E-state index contributed by atoms with van der Waals surface area (Å²) < 4.78 is 13.5.